The van der Waals surface area contributed by atoms with E-state index in [1.807, 2.05) is 13.8 Å². The van der Waals surface area contributed by atoms with Gasteiger partial charge in [-0.05, 0) is 140 Å². The van der Waals surface area contributed by atoms with Gasteiger partial charge in [-0.1, -0.05) is 90.1 Å². The Kier molecular flexibility index (Phi) is 14.8. The first-order valence-electron chi connectivity index (χ1n) is 15.8. The molecule has 2 aliphatic carbocycles. The van der Waals surface area contributed by atoms with E-state index in [0.29, 0.717) is 11.8 Å². The predicted octanol–water partition coefficient (Wildman–Crippen LogP) is 10.7. The Hall–Kier alpha value is -2.12. The van der Waals surface area contributed by atoms with Crippen LogP contribution in [0.2, 0.25) is 0 Å². The summed E-state index contributed by atoms with van der Waals surface area (Å²) in [5.74, 6) is 1.41. The smallest absolute Gasteiger partial charge is 0.00745 e. The lowest BCUT2D eigenvalue weighted by Gasteiger charge is -2.30. The van der Waals surface area contributed by atoms with E-state index in [-0.39, 0.29) is 0 Å². The Morgan fingerprint density at radius 1 is 0.974 bits per heavy atom. The molecule has 1 nitrogen and oxygen atoms in total. The van der Waals surface area contributed by atoms with Crippen LogP contribution in [0.3, 0.4) is 0 Å². The second kappa shape index (κ2) is 17.5. The van der Waals surface area contributed by atoms with E-state index in [1.165, 1.54) is 60.0 Å². The van der Waals surface area contributed by atoms with Crippen molar-refractivity contribution in [1.82, 2.24) is 0 Å². The van der Waals surface area contributed by atoms with Gasteiger partial charge in [0, 0.05) is 0 Å². The molecular weight excluding hydrogens is 458 g/mol. The van der Waals surface area contributed by atoms with Crippen LogP contribution < -0.4 is 5.73 Å². The molecule has 3 rings (SSSR count). The van der Waals surface area contributed by atoms with Gasteiger partial charge in [-0.3, -0.25) is 0 Å². The van der Waals surface area contributed by atoms with Gasteiger partial charge in [0.15, 0.2) is 0 Å². The second-order valence-electron chi connectivity index (χ2n) is 11.0. The highest BCUT2D eigenvalue weighted by Crippen LogP contribution is 2.45. The molecule has 0 fully saturated rings. The molecule has 0 spiro atoms. The monoisotopic (exact) mass is 515 g/mol. The number of aryl methyl sites for hydroxylation is 1. The number of allylic oxidation sites excluding steroid dienone is 10. The minimum atomic E-state index is 0.695. The molecule has 1 aromatic rings. The van der Waals surface area contributed by atoms with Gasteiger partial charge < -0.3 is 5.73 Å². The summed E-state index contributed by atoms with van der Waals surface area (Å²) in [5.41, 5.74) is 18.1. The minimum absolute atomic E-state index is 0.695. The summed E-state index contributed by atoms with van der Waals surface area (Å²) in [6, 6.07) is 7.09. The molecule has 0 saturated carbocycles. The Morgan fingerprint density at radius 3 is 2.39 bits per heavy atom. The molecule has 210 valence electrons. The number of rotatable bonds is 11. The molecule has 0 aliphatic heterocycles. The quantitative estimate of drug-likeness (QED) is 0.291. The maximum absolute atomic E-state index is 5.90. The predicted molar refractivity (Wildman–Crippen MR) is 171 cm³/mol. The summed E-state index contributed by atoms with van der Waals surface area (Å²) < 4.78 is 0. The molecule has 1 unspecified atom stereocenters. The molecule has 1 atom stereocenters. The molecular formula is C37H57N. The van der Waals surface area contributed by atoms with Gasteiger partial charge >= 0.3 is 0 Å². The van der Waals surface area contributed by atoms with Crippen LogP contribution in [0.15, 0.2) is 70.9 Å². The van der Waals surface area contributed by atoms with Crippen LogP contribution in [0.25, 0.3) is 5.57 Å². The van der Waals surface area contributed by atoms with Crippen molar-refractivity contribution in [1.29, 1.82) is 0 Å². The number of nitrogens with two attached hydrogens (primary N) is 1. The molecule has 0 amide bonds. The molecule has 0 radical (unpaired) electrons. The van der Waals surface area contributed by atoms with Gasteiger partial charge in [0.05, 0.1) is 0 Å². The van der Waals surface area contributed by atoms with Gasteiger partial charge in [-0.2, -0.15) is 0 Å². The lowest BCUT2D eigenvalue weighted by atomic mass is 9.74. The highest BCUT2D eigenvalue weighted by Gasteiger charge is 2.26. The first kappa shape index (κ1) is 32.1. The van der Waals surface area contributed by atoms with Gasteiger partial charge in [0.25, 0.3) is 0 Å². The van der Waals surface area contributed by atoms with Crippen molar-refractivity contribution in [2.75, 3.05) is 6.54 Å². The van der Waals surface area contributed by atoms with E-state index in [9.17, 15) is 0 Å². The normalized spacial score (nSPS) is 19.2. The summed E-state index contributed by atoms with van der Waals surface area (Å²) in [5, 5.41) is 0. The molecule has 38 heavy (non-hydrogen) atoms. The molecule has 2 aliphatic rings. The first-order chi connectivity index (χ1) is 18.5. The summed E-state index contributed by atoms with van der Waals surface area (Å²) in [6.07, 6.45) is 25.2. The molecule has 0 aromatic heterocycles. The summed E-state index contributed by atoms with van der Waals surface area (Å²) in [6.45, 7) is 16.2. The van der Waals surface area contributed by atoms with E-state index in [2.05, 4.69) is 83.2 Å². The van der Waals surface area contributed by atoms with Gasteiger partial charge in [-0.15, -0.1) is 0 Å². The van der Waals surface area contributed by atoms with Crippen LogP contribution in [-0.4, -0.2) is 6.54 Å². The first-order valence-corrected chi connectivity index (χ1v) is 15.8. The van der Waals surface area contributed by atoms with Gasteiger partial charge in [0.1, 0.15) is 0 Å². The molecule has 2 N–H and O–H groups in total. The fourth-order valence-electron chi connectivity index (χ4n) is 6.31. The number of benzene rings is 1. The number of hydrogen-bond acceptors (Lipinski definition) is 1. The topological polar surface area (TPSA) is 26.0 Å². The average Bonchev–Trinajstić information content (AvgIpc) is 2.94. The molecule has 0 bridgehead atoms. The third-order valence-electron chi connectivity index (χ3n) is 8.22. The summed E-state index contributed by atoms with van der Waals surface area (Å²) in [4.78, 5) is 0. The standard InChI is InChI=1S/C35H51N.C2H6/c1-6-14-28-22-23-34(33-21-13-19-29-17-11-12-20-32(29)33)35(31(28)8-3)30(15-7-2)18-10-9-16-27(24-25-36)26(4)5;1-2/h8,10,13-15,18-19,21,26-27H,6-7,9,11-12,16-17,20,22-25,36H2,1-5H3;1-2H3/b18-10-,28-14-,30-15+,31-8+;. The van der Waals surface area contributed by atoms with Crippen LogP contribution in [0.5, 0.6) is 0 Å². The Labute approximate surface area is 236 Å². The molecule has 1 aromatic carbocycles. The van der Waals surface area contributed by atoms with Crippen LogP contribution in [0.1, 0.15) is 123 Å². The van der Waals surface area contributed by atoms with Crippen LogP contribution >= 0.6 is 0 Å². The zero-order valence-electron chi connectivity index (χ0n) is 25.8. The third kappa shape index (κ3) is 8.44. The van der Waals surface area contributed by atoms with E-state index in [4.69, 9.17) is 5.73 Å². The van der Waals surface area contributed by atoms with Gasteiger partial charge in [0.2, 0.25) is 0 Å². The molecule has 1 heteroatoms. The zero-order valence-corrected chi connectivity index (χ0v) is 25.8. The van der Waals surface area contributed by atoms with Gasteiger partial charge in [-0.25, -0.2) is 0 Å². The maximum Gasteiger partial charge on any atom is -0.00745 e. The van der Waals surface area contributed by atoms with Crippen molar-refractivity contribution in [2.24, 2.45) is 17.6 Å². The second-order valence-corrected chi connectivity index (χ2v) is 11.0. The van der Waals surface area contributed by atoms with Crippen LogP contribution in [0.4, 0.5) is 0 Å². The Morgan fingerprint density at radius 2 is 1.74 bits per heavy atom. The average molecular weight is 516 g/mol. The van der Waals surface area contributed by atoms with Crippen LogP contribution in [-0.2, 0) is 12.8 Å². The van der Waals surface area contributed by atoms with E-state index >= 15 is 0 Å². The van der Waals surface area contributed by atoms with Crippen molar-refractivity contribution in [2.45, 2.75) is 119 Å². The Balaban J connectivity index is 0.00000247. The summed E-state index contributed by atoms with van der Waals surface area (Å²) in [7, 11) is 0. The Bertz CT molecular complexity index is 1010. The summed E-state index contributed by atoms with van der Waals surface area (Å²) >= 11 is 0. The number of hydrogen-bond donors (Lipinski definition) is 1. The van der Waals surface area contributed by atoms with Crippen LogP contribution in [0, 0.1) is 11.8 Å². The van der Waals surface area contributed by atoms with E-state index in [0.717, 1.165) is 45.1 Å². The lowest BCUT2D eigenvalue weighted by molar-refractivity contribution is 0.343. The number of fused-ring (bicyclic) bond motifs is 1. The van der Waals surface area contributed by atoms with Crippen molar-refractivity contribution in [3.8, 4) is 0 Å². The largest absolute Gasteiger partial charge is 0.330 e. The van der Waals surface area contributed by atoms with E-state index < -0.39 is 0 Å². The van der Waals surface area contributed by atoms with Crippen molar-refractivity contribution < 1.29 is 0 Å². The highest BCUT2D eigenvalue weighted by molar-refractivity contribution is 5.84. The van der Waals surface area contributed by atoms with Crippen molar-refractivity contribution in [3.63, 3.8) is 0 Å². The maximum atomic E-state index is 5.90. The molecule has 0 heterocycles. The molecule has 0 saturated heterocycles. The zero-order chi connectivity index (χ0) is 27.9. The van der Waals surface area contributed by atoms with E-state index in [1.54, 1.807) is 16.7 Å². The lowest BCUT2D eigenvalue weighted by Crippen LogP contribution is -2.14. The van der Waals surface area contributed by atoms with Crippen molar-refractivity contribution in [3.05, 3.63) is 87.6 Å². The third-order valence-corrected chi connectivity index (χ3v) is 8.22. The SMILES string of the molecule is C/C=C1/C(C(/C=C\CCC(CCN)C(C)C)=C/CC)=C(c2cccc3c2CCCC3)CC/C1=C/CC.CC. The fraction of sp³-hybridized carbons (Fsp3) is 0.568. The minimum Gasteiger partial charge on any atom is -0.330 e. The van der Waals surface area contributed by atoms with Crippen molar-refractivity contribution >= 4 is 5.57 Å². The fourth-order valence-corrected chi connectivity index (χ4v) is 6.31. The highest BCUT2D eigenvalue weighted by atomic mass is 14.5.